The number of halogens is 1. The Balaban J connectivity index is 0.00000196. The molecule has 8 heteroatoms. The van der Waals surface area contributed by atoms with Crippen molar-refractivity contribution in [3.8, 4) is 0 Å². The van der Waals surface area contributed by atoms with E-state index in [-0.39, 0.29) is 18.3 Å². The second kappa shape index (κ2) is 7.73. The van der Waals surface area contributed by atoms with Gasteiger partial charge in [-0.3, -0.25) is 14.8 Å². The van der Waals surface area contributed by atoms with E-state index in [4.69, 9.17) is 0 Å². The van der Waals surface area contributed by atoms with Crippen molar-refractivity contribution >= 4 is 45.0 Å². The second-order valence-electron chi connectivity index (χ2n) is 6.58. The number of fused-ring (bicyclic) bond motifs is 1. The van der Waals surface area contributed by atoms with Gasteiger partial charge in [-0.15, -0.1) is 12.4 Å². The predicted molar refractivity (Wildman–Crippen MR) is 108 cm³/mol. The van der Waals surface area contributed by atoms with E-state index in [1.165, 1.54) is 16.9 Å². The second-order valence-corrected chi connectivity index (χ2v) is 7.61. The molecule has 1 amide bonds. The molecule has 1 atom stereocenters. The lowest BCUT2D eigenvalue weighted by Crippen LogP contribution is -2.32. The lowest BCUT2D eigenvalue weighted by atomic mass is 10.1. The van der Waals surface area contributed by atoms with Crippen molar-refractivity contribution in [2.24, 2.45) is 0 Å². The van der Waals surface area contributed by atoms with E-state index in [0.717, 1.165) is 41.7 Å². The number of aromatic nitrogens is 3. The van der Waals surface area contributed by atoms with E-state index >= 15 is 0 Å². The standard InChI is InChI=1S/C18H21N5OS.ClH/c1-11-8-12(2)16-15(9-11)25-18(20-16)21-17(24)14-5-7-23(22-14)13-4-3-6-19-10-13;/h5,7-9,13,19H,3-4,6,10H2,1-2H3,(H,20,21,24);1H. The van der Waals surface area contributed by atoms with Crippen LogP contribution < -0.4 is 10.6 Å². The molecular formula is C18H22ClN5OS. The first-order chi connectivity index (χ1) is 12.1. The molecular weight excluding hydrogens is 370 g/mol. The van der Waals surface area contributed by atoms with Gasteiger partial charge in [-0.1, -0.05) is 17.4 Å². The molecule has 6 nitrogen and oxygen atoms in total. The first-order valence-electron chi connectivity index (χ1n) is 8.55. The summed E-state index contributed by atoms with van der Waals surface area (Å²) >= 11 is 1.50. The van der Waals surface area contributed by atoms with Gasteiger partial charge >= 0.3 is 0 Å². The number of carbonyl (C=O) groups is 1. The van der Waals surface area contributed by atoms with Crippen molar-refractivity contribution in [3.05, 3.63) is 41.2 Å². The van der Waals surface area contributed by atoms with Crippen molar-refractivity contribution < 1.29 is 4.79 Å². The maximum atomic E-state index is 12.5. The summed E-state index contributed by atoms with van der Waals surface area (Å²) < 4.78 is 2.99. The van der Waals surface area contributed by atoms with Crippen LogP contribution in [0.15, 0.2) is 24.4 Å². The third-order valence-corrected chi connectivity index (χ3v) is 5.45. The van der Waals surface area contributed by atoms with Crippen molar-refractivity contribution in [3.63, 3.8) is 0 Å². The average Bonchev–Trinajstić information content (AvgIpc) is 3.22. The van der Waals surface area contributed by atoms with Gasteiger partial charge in [0.25, 0.3) is 5.91 Å². The summed E-state index contributed by atoms with van der Waals surface area (Å²) in [6.45, 7) is 6.07. The van der Waals surface area contributed by atoms with Gasteiger partial charge in [-0.05, 0) is 56.5 Å². The van der Waals surface area contributed by atoms with Crippen LogP contribution in [0.2, 0.25) is 0 Å². The number of hydrogen-bond donors (Lipinski definition) is 2. The summed E-state index contributed by atoms with van der Waals surface area (Å²) in [6.07, 6.45) is 4.11. The zero-order valence-corrected chi connectivity index (χ0v) is 16.4. The van der Waals surface area contributed by atoms with Crippen LogP contribution in [0.4, 0.5) is 5.13 Å². The Hall–Kier alpha value is -1.96. The van der Waals surface area contributed by atoms with E-state index in [9.17, 15) is 4.79 Å². The molecule has 1 saturated heterocycles. The number of anilines is 1. The fourth-order valence-corrected chi connectivity index (χ4v) is 4.34. The van der Waals surface area contributed by atoms with Gasteiger partial charge in [-0.25, -0.2) is 4.98 Å². The highest BCUT2D eigenvalue weighted by molar-refractivity contribution is 7.22. The van der Waals surface area contributed by atoms with Gasteiger partial charge < -0.3 is 5.32 Å². The van der Waals surface area contributed by atoms with Gasteiger partial charge in [0.1, 0.15) is 0 Å². The molecule has 1 aliphatic rings. The molecule has 3 aromatic rings. The SMILES string of the molecule is Cc1cc(C)c2nc(NC(=O)c3ccn(C4CCCNC4)n3)sc2c1.Cl. The monoisotopic (exact) mass is 391 g/mol. The molecule has 2 N–H and O–H groups in total. The summed E-state index contributed by atoms with van der Waals surface area (Å²) in [5.41, 5.74) is 3.70. The molecule has 0 saturated carbocycles. The number of rotatable bonds is 3. The number of hydrogen-bond acceptors (Lipinski definition) is 5. The van der Waals surface area contributed by atoms with Gasteiger partial charge in [0, 0.05) is 12.7 Å². The predicted octanol–water partition coefficient (Wildman–Crippen LogP) is 3.71. The molecule has 138 valence electrons. The van der Waals surface area contributed by atoms with E-state index < -0.39 is 0 Å². The third kappa shape index (κ3) is 3.75. The zero-order valence-electron chi connectivity index (χ0n) is 14.8. The molecule has 0 aliphatic carbocycles. The lowest BCUT2D eigenvalue weighted by Gasteiger charge is -2.22. The smallest absolute Gasteiger partial charge is 0.277 e. The van der Waals surface area contributed by atoms with Crippen molar-refractivity contribution in [1.82, 2.24) is 20.1 Å². The molecule has 4 rings (SSSR count). The largest absolute Gasteiger partial charge is 0.315 e. The summed E-state index contributed by atoms with van der Waals surface area (Å²) in [6, 6.07) is 6.30. The number of aryl methyl sites for hydroxylation is 2. The van der Waals surface area contributed by atoms with E-state index in [1.807, 2.05) is 17.8 Å². The van der Waals surface area contributed by atoms with Crippen LogP contribution in [0.5, 0.6) is 0 Å². The average molecular weight is 392 g/mol. The Kier molecular flexibility index (Phi) is 5.60. The first-order valence-corrected chi connectivity index (χ1v) is 9.37. The highest BCUT2D eigenvalue weighted by Crippen LogP contribution is 2.29. The van der Waals surface area contributed by atoms with Gasteiger partial charge in [0.05, 0.1) is 16.3 Å². The summed E-state index contributed by atoms with van der Waals surface area (Å²) in [5.74, 6) is -0.212. The Labute approximate surface area is 162 Å². The fourth-order valence-electron chi connectivity index (χ4n) is 3.31. The van der Waals surface area contributed by atoms with Crippen LogP contribution in [0.3, 0.4) is 0 Å². The number of thiazole rings is 1. The molecule has 1 aromatic carbocycles. The number of piperidine rings is 1. The zero-order chi connectivity index (χ0) is 17.4. The molecule has 0 spiro atoms. The van der Waals surface area contributed by atoms with Crippen LogP contribution in [0.25, 0.3) is 10.2 Å². The fraction of sp³-hybridized carbons (Fsp3) is 0.389. The normalized spacial score (nSPS) is 17.1. The molecule has 3 heterocycles. The summed E-state index contributed by atoms with van der Waals surface area (Å²) in [7, 11) is 0. The number of amides is 1. The summed E-state index contributed by atoms with van der Waals surface area (Å²) in [4.78, 5) is 17.1. The van der Waals surface area contributed by atoms with Crippen molar-refractivity contribution in [1.29, 1.82) is 0 Å². The molecule has 0 bridgehead atoms. The number of carbonyl (C=O) groups excluding carboxylic acids is 1. The van der Waals surface area contributed by atoms with Crippen LogP contribution >= 0.6 is 23.7 Å². The molecule has 2 aromatic heterocycles. The maximum Gasteiger partial charge on any atom is 0.277 e. The van der Waals surface area contributed by atoms with Gasteiger partial charge in [0.2, 0.25) is 0 Å². The lowest BCUT2D eigenvalue weighted by molar-refractivity contribution is 0.102. The number of benzene rings is 1. The van der Waals surface area contributed by atoms with Crippen molar-refractivity contribution in [2.75, 3.05) is 18.4 Å². The minimum Gasteiger partial charge on any atom is -0.315 e. The Morgan fingerprint density at radius 1 is 1.38 bits per heavy atom. The molecule has 1 fully saturated rings. The van der Waals surface area contributed by atoms with Gasteiger partial charge in [-0.2, -0.15) is 5.10 Å². The Morgan fingerprint density at radius 3 is 3.00 bits per heavy atom. The number of nitrogens with one attached hydrogen (secondary N) is 2. The van der Waals surface area contributed by atoms with E-state index in [1.54, 1.807) is 6.07 Å². The summed E-state index contributed by atoms with van der Waals surface area (Å²) in [5, 5.41) is 11.3. The Bertz CT molecular complexity index is 929. The first kappa shape index (κ1) is 18.8. The molecule has 0 radical (unpaired) electrons. The van der Waals surface area contributed by atoms with Crippen LogP contribution in [0.1, 0.15) is 40.5 Å². The van der Waals surface area contributed by atoms with Gasteiger partial charge in [0.15, 0.2) is 10.8 Å². The maximum absolute atomic E-state index is 12.5. The van der Waals surface area contributed by atoms with E-state index in [2.05, 4.69) is 39.8 Å². The van der Waals surface area contributed by atoms with Crippen LogP contribution in [0, 0.1) is 13.8 Å². The topological polar surface area (TPSA) is 71.8 Å². The highest BCUT2D eigenvalue weighted by atomic mass is 35.5. The van der Waals surface area contributed by atoms with Crippen molar-refractivity contribution in [2.45, 2.75) is 32.7 Å². The third-order valence-electron chi connectivity index (χ3n) is 4.54. The Morgan fingerprint density at radius 2 is 2.23 bits per heavy atom. The minimum absolute atomic E-state index is 0. The highest BCUT2D eigenvalue weighted by Gasteiger charge is 2.18. The molecule has 26 heavy (non-hydrogen) atoms. The minimum atomic E-state index is -0.212. The van der Waals surface area contributed by atoms with Crippen LogP contribution in [-0.2, 0) is 0 Å². The van der Waals surface area contributed by atoms with Crippen LogP contribution in [-0.4, -0.2) is 33.8 Å². The molecule has 1 unspecified atom stereocenters. The number of nitrogens with zero attached hydrogens (tertiary/aromatic N) is 3. The quantitative estimate of drug-likeness (QED) is 0.713. The van der Waals surface area contributed by atoms with E-state index in [0.29, 0.717) is 16.9 Å². The molecule has 1 aliphatic heterocycles.